The van der Waals surface area contributed by atoms with E-state index in [4.69, 9.17) is 14.3 Å². The van der Waals surface area contributed by atoms with E-state index in [2.05, 4.69) is 0 Å². The number of nitrogens with zero attached hydrogens (tertiary/aromatic N) is 1. The number of rotatable bonds is 8. The molecule has 1 aromatic carbocycles. The van der Waals surface area contributed by atoms with Crippen molar-refractivity contribution in [3.63, 3.8) is 0 Å². The summed E-state index contributed by atoms with van der Waals surface area (Å²) < 4.78 is 36.2. The minimum atomic E-state index is -4.25. The molecule has 0 heterocycles. The zero-order chi connectivity index (χ0) is 16.1. The maximum absolute atomic E-state index is 13.4. The number of hydroxylamine groups is 2. The standard InChI is InChI=1S/C12H18FNO6P/c1-3-19-21(18,20-4-2)12(15,9-14(16)17)10-6-5-7-11(13)8-10/h5-8,15-16H,3-4,9H2,1-2H3/q-1. The van der Waals surface area contributed by atoms with Crippen molar-refractivity contribution in [3.05, 3.63) is 40.9 Å². The normalized spacial score (nSPS) is 15.2. The molecule has 2 N–H and O–H groups in total. The lowest BCUT2D eigenvalue weighted by Gasteiger charge is -2.38. The molecule has 0 radical (unpaired) electrons. The first-order valence-corrected chi connectivity index (χ1v) is 7.84. The highest BCUT2D eigenvalue weighted by molar-refractivity contribution is 7.55. The molecular formula is C12H18FNO6P-. The van der Waals surface area contributed by atoms with Gasteiger partial charge in [-0.15, -0.1) is 0 Å². The molecule has 0 aliphatic rings. The lowest BCUT2D eigenvalue weighted by molar-refractivity contribution is -0.0891. The summed E-state index contributed by atoms with van der Waals surface area (Å²) in [6.07, 6.45) is 0. The molecule has 0 aliphatic heterocycles. The Morgan fingerprint density at radius 1 is 1.38 bits per heavy atom. The zero-order valence-corrected chi connectivity index (χ0v) is 12.6. The van der Waals surface area contributed by atoms with Crippen molar-refractivity contribution in [2.75, 3.05) is 19.8 Å². The van der Waals surface area contributed by atoms with Crippen molar-refractivity contribution in [1.82, 2.24) is 5.23 Å². The first-order chi connectivity index (χ1) is 9.79. The van der Waals surface area contributed by atoms with Crippen molar-refractivity contribution in [2.24, 2.45) is 0 Å². The fraction of sp³-hybridized carbons (Fsp3) is 0.500. The second-order valence-corrected chi connectivity index (χ2v) is 6.42. The Kier molecular flexibility index (Phi) is 6.42. The van der Waals surface area contributed by atoms with Crippen molar-refractivity contribution < 1.29 is 28.3 Å². The summed E-state index contributed by atoms with van der Waals surface area (Å²) in [5.41, 5.74) is -0.192. The van der Waals surface area contributed by atoms with Crippen LogP contribution in [0.2, 0.25) is 0 Å². The summed E-state index contributed by atoms with van der Waals surface area (Å²) >= 11 is 0. The molecule has 0 bridgehead atoms. The highest BCUT2D eigenvalue weighted by Gasteiger charge is 2.51. The first kappa shape index (κ1) is 18.2. The van der Waals surface area contributed by atoms with Crippen LogP contribution in [0.4, 0.5) is 4.39 Å². The van der Waals surface area contributed by atoms with Gasteiger partial charge >= 0.3 is 7.60 Å². The fourth-order valence-corrected chi connectivity index (χ4v) is 3.78. The summed E-state index contributed by atoms with van der Waals surface area (Å²) in [5.74, 6) is -0.708. The molecule has 120 valence electrons. The molecule has 9 heteroatoms. The van der Waals surface area contributed by atoms with Gasteiger partial charge < -0.3 is 24.6 Å². The predicted molar refractivity (Wildman–Crippen MR) is 73.0 cm³/mol. The van der Waals surface area contributed by atoms with Gasteiger partial charge in [-0.3, -0.25) is 9.79 Å². The first-order valence-electron chi connectivity index (χ1n) is 6.30. The Hall–Kier alpha value is -0.860. The Labute approximate surface area is 122 Å². The number of hydrogen-bond donors (Lipinski definition) is 2. The third-order valence-corrected chi connectivity index (χ3v) is 5.20. The summed E-state index contributed by atoms with van der Waals surface area (Å²) in [4.78, 5) is 0. The molecule has 0 fully saturated rings. The van der Waals surface area contributed by atoms with E-state index < -0.39 is 30.5 Å². The van der Waals surface area contributed by atoms with E-state index in [1.807, 2.05) is 0 Å². The average Bonchev–Trinajstić information content (AvgIpc) is 2.38. The second kappa shape index (κ2) is 7.42. The molecule has 1 atom stereocenters. The van der Waals surface area contributed by atoms with Gasteiger partial charge in [0.15, 0.2) is 0 Å². The molecular weight excluding hydrogens is 304 g/mol. The summed E-state index contributed by atoms with van der Waals surface area (Å²) in [7, 11) is -4.25. The lowest BCUT2D eigenvalue weighted by atomic mass is 10.1. The van der Waals surface area contributed by atoms with E-state index >= 15 is 0 Å². The molecule has 21 heavy (non-hydrogen) atoms. The van der Waals surface area contributed by atoms with Crippen LogP contribution in [0, 0.1) is 11.0 Å². The third-order valence-electron chi connectivity index (χ3n) is 2.69. The van der Waals surface area contributed by atoms with Crippen LogP contribution in [-0.2, 0) is 19.0 Å². The smallest absolute Gasteiger partial charge is 0.367 e. The molecule has 0 saturated carbocycles. The van der Waals surface area contributed by atoms with Gasteiger partial charge in [-0.2, -0.15) is 0 Å². The van der Waals surface area contributed by atoms with E-state index in [1.54, 1.807) is 0 Å². The Balaban J connectivity index is 3.40. The van der Waals surface area contributed by atoms with Crippen LogP contribution in [0.5, 0.6) is 0 Å². The van der Waals surface area contributed by atoms with E-state index in [0.717, 1.165) is 12.1 Å². The second-order valence-electron chi connectivity index (χ2n) is 4.17. The van der Waals surface area contributed by atoms with Crippen molar-refractivity contribution >= 4 is 7.60 Å². The number of halogens is 1. The Morgan fingerprint density at radius 2 is 1.95 bits per heavy atom. The van der Waals surface area contributed by atoms with Crippen LogP contribution in [0.1, 0.15) is 19.4 Å². The van der Waals surface area contributed by atoms with Crippen molar-refractivity contribution in [3.8, 4) is 0 Å². The van der Waals surface area contributed by atoms with Crippen LogP contribution >= 0.6 is 7.60 Å². The van der Waals surface area contributed by atoms with Crippen LogP contribution < -0.4 is 0 Å². The van der Waals surface area contributed by atoms with E-state index in [0.29, 0.717) is 0 Å². The lowest BCUT2D eigenvalue weighted by Crippen LogP contribution is -2.38. The topological polar surface area (TPSA) is 102 Å². The minimum absolute atomic E-state index is 0.0702. The van der Waals surface area contributed by atoms with E-state index in [1.165, 1.54) is 26.0 Å². The van der Waals surface area contributed by atoms with Gasteiger partial charge in [-0.1, -0.05) is 12.1 Å². The van der Waals surface area contributed by atoms with Crippen LogP contribution in [0.25, 0.3) is 0 Å². The maximum Gasteiger partial charge on any atom is 0.367 e. The molecule has 0 spiro atoms. The fourth-order valence-electron chi connectivity index (χ4n) is 1.85. The van der Waals surface area contributed by atoms with Gasteiger partial charge in [-0.05, 0) is 31.5 Å². The van der Waals surface area contributed by atoms with Gasteiger partial charge in [0.25, 0.3) is 0 Å². The number of hydrogen-bond acceptors (Lipinski definition) is 7. The molecule has 0 amide bonds. The van der Waals surface area contributed by atoms with Gasteiger partial charge in [0.05, 0.1) is 19.8 Å². The van der Waals surface area contributed by atoms with Crippen LogP contribution in [0.15, 0.2) is 24.3 Å². The van der Waals surface area contributed by atoms with E-state index in [-0.39, 0.29) is 18.8 Å². The van der Waals surface area contributed by atoms with Gasteiger partial charge in [0.2, 0.25) is 5.34 Å². The molecule has 0 aromatic heterocycles. The molecule has 0 aliphatic carbocycles. The van der Waals surface area contributed by atoms with Gasteiger partial charge in [0, 0.05) is 0 Å². The molecule has 7 nitrogen and oxygen atoms in total. The maximum atomic E-state index is 13.4. The largest absolute Gasteiger partial charge is 0.762 e. The number of benzene rings is 1. The summed E-state index contributed by atoms with van der Waals surface area (Å²) in [5, 5.41) is 27.4. The minimum Gasteiger partial charge on any atom is -0.762 e. The zero-order valence-electron chi connectivity index (χ0n) is 11.7. The Morgan fingerprint density at radius 3 is 2.38 bits per heavy atom. The quantitative estimate of drug-likeness (QED) is 0.559. The molecule has 1 rings (SSSR count). The van der Waals surface area contributed by atoms with Gasteiger partial charge in [-0.25, -0.2) is 4.39 Å². The SMILES string of the molecule is CCOP(=O)(OCC)C(O)(CN([O-])O)c1cccc(F)c1. The van der Waals surface area contributed by atoms with Crippen molar-refractivity contribution in [2.45, 2.75) is 19.2 Å². The van der Waals surface area contributed by atoms with Crippen LogP contribution in [-0.4, -0.2) is 35.3 Å². The Bertz CT molecular complexity index is 504. The highest BCUT2D eigenvalue weighted by Crippen LogP contribution is 2.63. The van der Waals surface area contributed by atoms with Crippen LogP contribution in [0.3, 0.4) is 0 Å². The highest BCUT2D eigenvalue weighted by atomic mass is 31.2. The predicted octanol–water partition coefficient (Wildman–Crippen LogP) is 2.43. The number of aliphatic hydroxyl groups is 1. The molecule has 0 saturated heterocycles. The third kappa shape index (κ3) is 4.08. The average molecular weight is 322 g/mol. The summed E-state index contributed by atoms with van der Waals surface area (Å²) in [6, 6.07) is 4.54. The van der Waals surface area contributed by atoms with Gasteiger partial charge in [0.1, 0.15) is 5.82 Å². The monoisotopic (exact) mass is 322 g/mol. The molecule has 1 aromatic rings. The summed E-state index contributed by atoms with van der Waals surface area (Å²) in [6.45, 7) is 1.88. The van der Waals surface area contributed by atoms with Crippen molar-refractivity contribution in [1.29, 1.82) is 0 Å². The molecule has 1 unspecified atom stereocenters. The van der Waals surface area contributed by atoms with E-state index in [9.17, 15) is 19.3 Å².